The monoisotopic (exact) mass is 260 g/mol. The van der Waals surface area contributed by atoms with Gasteiger partial charge in [0.15, 0.2) is 0 Å². The molecule has 1 aromatic rings. The van der Waals surface area contributed by atoms with E-state index in [1.807, 2.05) is 38.1 Å². The Balaban J connectivity index is 2.42. The molecule has 0 saturated carbocycles. The Labute approximate surface area is 113 Å². The van der Waals surface area contributed by atoms with Gasteiger partial charge in [-0.05, 0) is 17.5 Å². The van der Waals surface area contributed by atoms with Gasteiger partial charge in [0.2, 0.25) is 11.8 Å². The second kappa shape index (κ2) is 5.43. The van der Waals surface area contributed by atoms with Crippen LogP contribution in [0.3, 0.4) is 0 Å². The Morgan fingerprint density at radius 3 is 2.79 bits per heavy atom. The lowest BCUT2D eigenvalue weighted by atomic mass is 9.96. The van der Waals surface area contributed by atoms with E-state index in [0.717, 1.165) is 17.7 Å². The summed E-state index contributed by atoms with van der Waals surface area (Å²) in [5.41, 5.74) is 1.79. The van der Waals surface area contributed by atoms with Crippen LogP contribution < -0.4 is 5.32 Å². The van der Waals surface area contributed by atoms with Gasteiger partial charge in [0.05, 0.1) is 0 Å². The second-order valence-electron chi connectivity index (χ2n) is 5.12. The molecule has 2 unspecified atom stereocenters. The fraction of sp³-hybridized carbons (Fsp3) is 0.467. The molecule has 2 atom stereocenters. The zero-order valence-electron chi connectivity index (χ0n) is 11.6. The maximum absolute atomic E-state index is 12.4. The van der Waals surface area contributed by atoms with Crippen LogP contribution in [-0.4, -0.2) is 22.8 Å². The van der Waals surface area contributed by atoms with E-state index in [0.29, 0.717) is 6.54 Å². The predicted octanol–water partition coefficient (Wildman–Crippen LogP) is 2.40. The van der Waals surface area contributed by atoms with Gasteiger partial charge in [0.1, 0.15) is 6.04 Å². The van der Waals surface area contributed by atoms with Crippen molar-refractivity contribution in [2.24, 2.45) is 5.92 Å². The van der Waals surface area contributed by atoms with Crippen LogP contribution in [0.2, 0.25) is 0 Å². The summed E-state index contributed by atoms with van der Waals surface area (Å²) in [5.74, 6) is -0.00938. The van der Waals surface area contributed by atoms with Crippen molar-refractivity contribution in [2.45, 2.75) is 39.8 Å². The van der Waals surface area contributed by atoms with E-state index in [4.69, 9.17) is 0 Å². The molecule has 0 saturated heterocycles. The third-order valence-corrected chi connectivity index (χ3v) is 3.81. The van der Waals surface area contributed by atoms with Crippen molar-refractivity contribution in [1.82, 2.24) is 4.90 Å². The number of para-hydroxylation sites is 1. The van der Waals surface area contributed by atoms with E-state index in [2.05, 4.69) is 5.32 Å². The Bertz CT molecular complexity index is 499. The third kappa shape index (κ3) is 2.62. The average molecular weight is 260 g/mol. The van der Waals surface area contributed by atoms with Crippen LogP contribution in [0.15, 0.2) is 24.3 Å². The molecule has 4 heteroatoms. The van der Waals surface area contributed by atoms with Gasteiger partial charge in [0.25, 0.3) is 0 Å². The summed E-state index contributed by atoms with van der Waals surface area (Å²) in [7, 11) is 0. The number of benzene rings is 1. The van der Waals surface area contributed by atoms with Crippen LogP contribution >= 0.6 is 0 Å². The summed E-state index contributed by atoms with van der Waals surface area (Å²) < 4.78 is 0. The molecule has 2 amide bonds. The molecule has 0 bridgehead atoms. The number of carbonyl (C=O) groups is 2. The Morgan fingerprint density at radius 1 is 1.47 bits per heavy atom. The van der Waals surface area contributed by atoms with Crippen LogP contribution in [0.1, 0.15) is 32.8 Å². The molecule has 19 heavy (non-hydrogen) atoms. The van der Waals surface area contributed by atoms with Crippen LogP contribution in [0.25, 0.3) is 0 Å². The lowest BCUT2D eigenvalue weighted by Crippen LogP contribution is -2.48. The third-order valence-electron chi connectivity index (χ3n) is 3.81. The number of anilines is 1. The first-order valence-electron chi connectivity index (χ1n) is 6.70. The fourth-order valence-electron chi connectivity index (χ4n) is 2.51. The zero-order chi connectivity index (χ0) is 14.0. The highest BCUT2D eigenvalue weighted by Crippen LogP contribution is 2.26. The lowest BCUT2D eigenvalue weighted by molar-refractivity contribution is -0.139. The van der Waals surface area contributed by atoms with Gasteiger partial charge in [-0.15, -0.1) is 0 Å². The highest BCUT2D eigenvalue weighted by molar-refractivity contribution is 5.98. The number of hydrogen-bond acceptors (Lipinski definition) is 2. The molecule has 4 nitrogen and oxygen atoms in total. The molecular formula is C15H20N2O2. The standard InChI is InChI=1S/C15H20N2O2/c1-4-10(2)14-15(19)16-13-8-6-5-7-12(13)9-17(14)11(3)18/h5-8,10,14H,4,9H2,1-3H3,(H,16,19). The summed E-state index contributed by atoms with van der Waals surface area (Å²) in [6.07, 6.45) is 0.859. The summed E-state index contributed by atoms with van der Waals surface area (Å²) in [6, 6.07) is 7.25. The first-order chi connectivity index (χ1) is 9.04. The van der Waals surface area contributed by atoms with E-state index in [9.17, 15) is 9.59 Å². The summed E-state index contributed by atoms with van der Waals surface area (Å²) in [5, 5.41) is 2.94. The summed E-state index contributed by atoms with van der Waals surface area (Å²) >= 11 is 0. The minimum absolute atomic E-state index is 0.0582. The molecule has 0 spiro atoms. The van der Waals surface area contributed by atoms with Gasteiger partial charge in [-0.2, -0.15) is 0 Å². The van der Waals surface area contributed by atoms with Crippen LogP contribution in [-0.2, 0) is 16.1 Å². The quantitative estimate of drug-likeness (QED) is 0.887. The molecule has 0 fully saturated rings. The van der Waals surface area contributed by atoms with E-state index in [1.165, 1.54) is 6.92 Å². The van der Waals surface area contributed by atoms with E-state index in [1.54, 1.807) is 4.90 Å². The van der Waals surface area contributed by atoms with Gasteiger partial charge in [0, 0.05) is 19.2 Å². The second-order valence-corrected chi connectivity index (χ2v) is 5.12. The molecule has 1 aromatic carbocycles. The van der Waals surface area contributed by atoms with Crippen LogP contribution in [0.5, 0.6) is 0 Å². The molecule has 0 aromatic heterocycles. The molecule has 0 aliphatic carbocycles. The molecule has 1 heterocycles. The predicted molar refractivity (Wildman–Crippen MR) is 74.5 cm³/mol. The minimum Gasteiger partial charge on any atom is -0.326 e. The SMILES string of the molecule is CCC(C)C1C(=O)Nc2ccccc2CN1C(C)=O. The van der Waals surface area contributed by atoms with Crippen LogP contribution in [0, 0.1) is 5.92 Å². The summed E-state index contributed by atoms with van der Waals surface area (Å²) in [4.78, 5) is 25.9. The Morgan fingerprint density at radius 2 is 2.16 bits per heavy atom. The van der Waals surface area contributed by atoms with Gasteiger partial charge in [-0.3, -0.25) is 9.59 Å². The van der Waals surface area contributed by atoms with E-state index >= 15 is 0 Å². The highest BCUT2D eigenvalue weighted by Gasteiger charge is 2.34. The van der Waals surface area contributed by atoms with Crippen LogP contribution in [0.4, 0.5) is 5.69 Å². The van der Waals surface area contributed by atoms with Crippen molar-refractivity contribution in [2.75, 3.05) is 5.32 Å². The number of nitrogens with zero attached hydrogens (tertiary/aromatic N) is 1. The molecule has 0 radical (unpaired) electrons. The lowest BCUT2D eigenvalue weighted by Gasteiger charge is -2.31. The number of rotatable bonds is 2. The van der Waals surface area contributed by atoms with Gasteiger partial charge < -0.3 is 10.2 Å². The molecule has 102 valence electrons. The molecular weight excluding hydrogens is 240 g/mol. The number of amides is 2. The van der Waals surface area contributed by atoms with Crippen molar-refractivity contribution in [3.05, 3.63) is 29.8 Å². The number of carbonyl (C=O) groups excluding carboxylic acids is 2. The minimum atomic E-state index is -0.394. The average Bonchev–Trinajstić information content (AvgIpc) is 2.53. The van der Waals surface area contributed by atoms with Crippen molar-refractivity contribution < 1.29 is 9.59 Å². The van der Waals surface area contributed by atoms with Crippen molar-refractivity contribution in [3.63, 3.8) is 0 Å². The van der Waals surface area contributed by atoms with E-state index in [-0.39, 0.29) is 17.7 Å². The molecule has 1 aliphatic rings. The number of nitrogens with one attached hydrogen (secondary N) is 1. The Kier molecular flexibility index (Phi) is 3.88. The van der Waals surface area contributed by atoms with E-state index < -0.39 is 6.04 Å². The molecule has 1 N–H and O–H groups in total. The number of hydrogen-bond donors (Lipinski definition) is 1. The largest absolute Gasteiger partial charge is 0.326 e. The molecule has 2 rings (SSSR count). The maximum Gasteiger partial charge on any atom is 0.247 e. The topological polar surface area (TPSA) is 49.4 Å². The normalized spacial score (nSPS) is 20.3. The van der Waals surface area contributed by atoms with Gasteiger partial charge in [-0.1, -0.05) is 38.5 Å². The zero-order valence-corrected chi connectivity index (χ0v) is 11.6. The smallest absolute Gasteiger partial charge is 0.247 e. The maximum atomic E-state index is 12.4. The fourth-order valence-corrected chi connectivity index (χ4v) is 2.51. The van der Waals surface area contributed by atoms with Gasteiger partial charge >= 0.3 is 0 Å². The van der Waals surface area contributed by atoms with Crippen molar-refractivity contribution >= 4 is 17.5 Å². The van der Waals surface area contributed by atoms with Gasteiger partial charge in [-0.25, -0.2) is 0 Å². The highest BCUT2D eigenvalue weighted by atomic mass is 16.2. The number of fused-ring (bicyclic) bond motifs is 1. The molecule has 1 aliphatic heterocycles. The van der Waals surface area contributed by atoms with Crippen molar-refractivity contribution in [3.8, 4) is 0 Å². The van der Waals surface area contributed by atoms with Crippen molar-refractivity contribution in [1.29, 1.82) is 0 Å². The Hall–Kier alpha value is -1.84. The first-order valence-corrected chi connectivity index (χ1v) is 6.70. The summed E-state index contributed by atoms with van der Waals surface area (Å²) in [6.45, 7) is 6.06. The first kappa shape index (κ1) is 13.6.